The van der Waals surface area contributed by atoms with Crippen LogP contribution in [0.3, 0.4) is 0 Å². The Bertz CT molecular complexity index is 676. The zero-order valence-corrected chi connectivity index (χ0v) is 13.4. The first-order chi connectivity index (χ1) is 10.2. The first-order valence-electron chi connectivity index (χ1n) is 7.46. The highest BCUT2D eigenvalue weighted by Gasteiger charge is 2.30. The summed E-state index contributed by atoms with van der Waals surface area (Å²) in [4.78, 5) is 15.1. The molecule has 0 aliphatic carbocycles. The van der Waals surface area contributed by atoms with Crippen molar-refractivity contribution in [2.45, 2.75) is 33.8 Å². The van der Waals surface area contributed by atoms with Gasteiger partial charge in [0.15, 0.2) is 0 Å². The second kappa shape index (κ2) is 6.08. The van der Waals surface area contributed by atoms with E-state index in [1.807, 2.05) is 27.7 Å². The lowest BCUT2D eigenvalue weighted by Crippen LogP contribution is -2.43. The van der Waals surface area contributed by atoms with Gasteiger partial charge in [0.1, 0.15) is 11.5 Å². The molecule has 2 aromatic rings. The van der Waals surface area contributed by atoms with Gasteiger partial charge >= 0.3 is 0 Å². The van der Waals surface area contributed by atoms with E-state index in [0.717, 1.165) is 0 Å². The summed E-state index contributed by atoms with van der Waals surface area (Å²) in [7, 11) is 0. The molecule has 0 spiro atoms. The van der Waals surface area contributed by atoms with E-state index in [9.17, 15) is 14.3 Å². The van der Waals surface area contributed by atoms with Crippen molar-refractivity contribution in [2.75, 3.05) is 6.54 Å². The number of carbonyl (C=O) groups is 1. The second-order valence-electron chi connectivity index (χ2n) is 6.74. The molecule has 0 radical (unpaired) electrons. The Kier molecular flexibility index (Phi) is 4.56. The highest BCUT2D eigenvalue weighted by molar-refractivity contribution is 5.98. The summed E-state index contributed by atoms with van der Waals surface area (Å²) < 4.78 is 13.6. The first-order valence-corrected chi connectivity index (χ1v) is 7.46. The molecule has 5 heteroatoms. The van der Waals surface area contributed by atoms with Gasteiger partial charge in [-0.2, -0.15) is 0 Å². The van der Waals surface area contributed by atoms with Crippen molar-refractivity contribution in [3.05, 3.63) is 35.8 Å². The van der Waals surface area contributed by atoms with Gasteiger partial charge in [-0.15, -0.1) is 0 Å². The molecule has 4 nitrogen and oxygen atoms in total. The Labute approximate surface area is 129 Å². The Morgan fingerprint density at radius 3 is 2.68 bits per heavy atom. The molecule has 1 aromatic heterocycles. The van der Waals surface area contributed by atoms with Crippen LogP contribution in [0.2, 0.25) is 0 Å². The van der Waals surface area contributed by atoms with Gasteiger partial charge in [-0.25, -0.2) is 4.39 Å². The Hall–Kier alpha value is -1.88. The summed E-state index contributed by atoms with van der Waals surface area (Å²) >= 11 is 0. The molecule has 0 saturated heterocycles. The summed E-state index contributed by atoms with van der Waals surface area (Å²) in [6.07, 6.45) is -0.520. The van der Waals surface area contributed by atoms with Crippen LogP contribution in [-0.2, 0) is 0 Å². The molecule has 1 unspecified atom stereocenters. The summed E-state index contributed by atoms with van der Waals surface area (Å²) in [6.45, 7) is 8.03. The van der Waals surface area contributed by atoms with Crippen molar-refractivity contribution >= 4 is 16.8 Å². The number of carbonyl (C=O) groups excluding carboxylic acids is 1. The molecule has 1 heterocycles. The topological polar surface area (TPSA) is 65.1 Å². The zero-order chi connectivity index (χ0) is 16.5. The van der Waals surface area contributed by atoms with Crippen LogP contribution >= 0.6 is 0 Å². The third-order valence-electron chi connectivity index (χ3n) is 3.99. The number of hydrogen-bond donors (Lipinski definition) is 3. The van der Waals surface area contributed by atoms with Crippen LogP contribution in [0.25, 0.3) is 10.9 Å². The summed E-state index contributed by atoms with van der Waals surface area (Å²) in [5.74, 6) is -0.558. The molecular weight excluding hydrogens is 283 g/mol. The predicted octanol–water partition coefficient (Wildman–Crippen LogP) is 3.08. The van der Waals surface area contributed by atoms with Crippen LogP contribution < -0.4 is 5.32 Å². The number of fused-ring (bicyclic) bond motifs is 1. The minimum atomic E-state index is -0.520. The van der Waals surface area contributed by atoms with Crippen molar-refractivity contribution in [1.29, 1.82) is 0 Å². The van der Waals surface area contributed by atoms with E-state index in [1.54, 1.807) is 12.1 Å². The number of nitrogens with one attached hydrogen (secondary N) is 2. The van der Waals surface area contributed by atoms with Crippen LogP contribution in [0.4, 0.5) is 4.39 Å². The highest BCUT2D eigenvalue weighted by atomic mass is 19.1. The SMILES string of the molecule is CC(C)C(O)C(C)(C)CNC(=O)c1cc2c(F)cccc2[nH]1. The Morgan fingerprint density at radius 2 is 2.09 bits per heavy atom. The van der Waals surface area contributed by atoms with Crippen molar-refractivity contribution < 1.29 is 14.3 Å². The molecule has 0 bridgehead atoms. The van der Waals surface area contributed by atoms with Crippen molar-refractivity contribution in [2.24, 2.45) is 11.3 Å². The molecule has 1 amide bonds. The number of aromatic nitrogens is 1. The lowest BCUT2D eigenvalue weighted by atomic mass is 9.80. The molecule has 2 rings (SSSR count). The number of benzene rings is 1. The van der Waals surface area contributed by atoms with Crippen LogP contribution in [-0.4, -0.2) is 28.6 Å². The average molecular weight is 306 g/mol. The fraction of sp³-hybridized carbons (Fsp3) is 0.471. The van der Waals surface area contributed by atoms with E-state index in [-0.39, 0.29) is 17.6 Å². The van der Waals surface area contributed by atoms with Gasteiger partial charge in [0.05, 0.1) is 6.10 Å². The van der Waals surface area contributed by atoms with Crippen LogP contribution in [0.1, 0.15) is 38.2 Å². The van der Waals surface area contributed by atoms with E-state index in [2.05, 4.69) is 10.3 Å². The maximum Gasteiger partial charge on any atom is 0.267 e. The van der Waals surface area contributed by atoms with E-state index in [1.165, 1.54) is 12.1 Å². The summed E-state index contributed by atoms with van der Waals surface area (Å²) in [6, 6.07) is 6.19. The maximum atomic E-state index is 13.6. The van der Waals surface area contributed by atoms with Crippen molar-refractivity contribution in [1.82, 2.24) is 10.3 Å². The molecule has 0 aliphatic rings. The standard InChI is InChI=1S/C17H23FN2O2/c1-10(2)15(21)17(3,4)9-19-16(22)14-8-11-12(18)6-5-7-13(11)20-14/h5-8,10,15,20-21H,9H2,1-4H3,(H,19,22). The minimum absolute atomic E-state index is 0.106. The van der Waals surface area contributed by atoms with Crippen LogP contribution in [0, 0.1) is 17.2 Å². The van der Waals surface area contributed by atoms with Crippen LogP contribution in [0.15, 0.2) is 24.3 Å². The van der Waals surface area contributed by atoms with E-state index in [4.69, 9.17) is 0 Å². The lowest BCUT2D eigenvalue weighted by molar-refractivity contribution is 0.0138. The van der Waals surface area contributed by atoms with E-state index in [0.29, 0.717) is 23.1 Å². The van der Waals surface area contributed by atoms with Crippen LogP contribution in [0.5, 0.6) is 0 Å². The maximum absolute atomic E-state index is 13.6. The number of halogens is 1. The third-order valence-corrected chi connectivity index (χ3v) is 3.99. The number of aromatic amines is 1. The molecular formula is C17H23FN2O2. The number of rotatable bonds is 5. The molecule has 0 fully saturated rings. The molecule has 0 aliphatic heterocycles. The quantitative estimate of drug-likeness (QED) is 0.795. The van der Waals surface area contributed by atoms with Crippen molar-refractivity contribution in [3.63, 3.8) is 0 Å². The van der Waals surface area contributed by atoms with E-state index >= 15 is 0 Å². The number of amides is 1. The molecule has 1 atom stereocenters. The largest absolute Gasteiger partial charge is 0.392 e. The molecule has 0 saturated carbocycles. The number of aliphatic hydroxyl groups excluding tert-OH is 1. The lowest BCUT2D eigenvalue weighted by Gasteiger charge is -2.33. The summed E-state index contributed by atoms with van der Waals surface area (Å²) in [5.41, 5.74) is 0.461. The first kappa shape index (κ1) is 16.5. The van der Waals surface area contributed by atoms with Gasteiger partial charge in [-0.1, -0.05) is 33.8 Å². The number of H-pyrrole nitrogens is 1. The summed E-state index contributed by atoms with van der Waals surface area (Å²) in [5, 5.41) is 13.4. The van der Waals surface area contributed by atoms with Gasteiger partial charge < -0.3 is 15.4 Å². The monoisotopic (exact) mass is 306 g/mol. The zero-order valence-electron chi connectivity index (χ0n) is 13.4. The van der Waals surface area contributed by atoms with Gasteiger partial charge in [0.25, 0.3) is 5.91 Å². The second-order valence-corrected chi connectivity index (χ2v) is 6.74. The number of aliphatic hydroxyl groups is 1. The van der Waals surface area contributed by atoms with Gasteiger partial charge in [0.2, 0.25) is 0 Å². The normalized spacial score (nSPS) is 13.6. The van der Waals surface area contributed by atoms with E-state index < -0.39 is 11.5 Å². The molecule has 1 aromatic carbocycles. The van der Waals surface area contributed by atoms with Gasteiger partial charge in [-0.05, 0) is 24.1 Å². The third kappa shape index (κ3) is 3.30. The Morgan fingerprint density at radius 1 is 1.41 bits per heavy atom. The predicted molar refractivity (Wildman–Crippen MR) is 85.2 cm³/mol. The fourth-order valence-electron chi connectivity index (χ4n) is 2.65. The minimum Gasteiger partial charge on any atom is -0.392 e. The highest BCUT2D eigenvalue weighted by Crippen LogP contribution is 2.25. The van der Waals surface area contributed by atoms with Gasteiger partial charge in [-0.3, -0.25) is 4.79 Å². The average Bonchev–Trinajstić information content (AvgIpc) is 2.89. The number of hydrogen-bond acceptors (Lipinski definition) is 2. The molecule has 3 N–H and O–H groups in total. The van der Waals surface area contributed by atoms with Gasteiger partial charge in [0, 0.05) is 22.9 Å². The van der Waals surface area contributed by atoms with Crippen molar-refractivity contribution in [3.8, 4) is 0 Å². The molecule has 120 valence electrons. The smallest absolute Gasteiger partial charge is 0.267 e. The Balaban J connectivity index is 2.10. The molecule has 22 heavy (non-hydrogen) atoms. The fourth-order valence-corrected chi connectivity index (χ4v) is 2.65.